The molecule has 5 heteroatoms. The van der Waals surface area contributed by atoms with Crippen LogP contribution in [-0.4, -0.2) is 38.8 Å². The number of amides is 1. The Morgan fingerprint density at radius 1 is 1.07 bits per heavy atom. The minimum Gasteiger partial charge on any atom is -0.508 e. The summed E-state index contributed by atoms with van der Waals surface area (Å²) in [6.07, 6.45) is 5.43. The number of nitrogens with zero attached hydrogens (tertiary/aromatic N) is 3. The smallest absolute Gasteiger partial charge is 0.257 e. The molecule has 1 aromatic heterocycles. The molecule has 0 spiro atoms. The van der Waals surface area contributed by atoms with Gasteiger partial charge in [0.1, 0.15) is 5.75 Å². The molecular weight excluding hydrogens is 338 g/mol. The van der Waals surface area contributed by atoms with Crippen molar-refractivity contribution in [3.63, 3.8) is 0 Å². The molecule has 27 heavy (non-hydrogen) atoms. The van der Waals surface area contributed by atoms with Crippen LogP contribution in [-0.2, 0) is 13.0 Å². The number of carbonyl (C=O) groups excluding carboxylic acids is 1. The van der Waals surface area contributed by atoms with Crippen LogP contribution in [0.25, 0.3) is 0 Å². The molecule has 0 radical (unpaired) electrons. The lowest BCUT2D eigenvalue weighted by atomic mass is 9.99. The molecule has 0 bridgehead atoms. The van der Waals surface area contributed by atoms with Crippen LogP contribution in [0.1, 0.15) is 27.9 Å². The third kappa shape index (κ3) is 4.19. The molecule has 138 valence electrons. The van der Waals surface area contributed by atoms with E-state index in [1.807, 2.05) is 46.1 Å². The molecule has 1 aliphatic rings. The highest BCUT2D eigenvalue weighted by Gasteiger charge is 2.27. The average Bonchev–Trinajstić information content (AvgIpc) is 3.34. The van der Waals surface area contributed by atoms with Gasteiger partial charge in [-0.1, -0.05) is 42.5 Å². The van der Waals surface area contributed by atoms with Crippen molar-refractivity contribution in [2.45, 2.75) is 19.4 Å². The van der Waals surface area contributed by atoms with Gasteiger partial charge in [-0.3, -0.25) is 9.48 Å². The summed E-state index contributed by atoms with van der Waals surface area (Å²) in [4.78, 5) is 14.7. The summed E-state index contributed by atoms with van der Waals surface area (Å²) in [5.74, 6) is 0.801. The first kappa shape index (κ1) is 17.3. The molecule has 1 amide bonds. The zero-order valence-electron chi connectivity index (χ0n) is 15.2. The summed E-state index contributed by atoms with van der Waals surface area (Å²) in [5, 5.41) is 13.7. The van der Waals surface area contributed by atoms with Crippen LogP contribution < -0.4 is 0 Å². The van der Waals surface area contributed by atoms with Crippen LogP contribution in [0.15, 0.2) is 67.0 Å². The molecule has 4 rings (SSSR count). The molecule has 0 saturated carbocycles. The standard InChI is InChI=1S/C22H23N3O2/c26-21-8-6-17(7-9-21)12-19-10-11-24(14-19)22(27)20-13-23-25(16-20)15-18-4-2-1-3-5-18/h1-9,13,16,19,26H,10-12,14-15H2. The number of phenolic OH excluding ortho intramolecular Hbond substituents is 1. The second kappa shape index (κ2) is 7.66. The van der Waals surface area contributed by atoms with Crippen molar-refractivity contribution in [1.82, 2.24) is 14.7 Å². The molecule has 5 nitrogen and oxygen atoms in total. The molecule has 2 heterocycles. The lowest BCUT2D eigenvalue weighted by Gasteiger charge is -2.15. The number of phenols is 1. The molecule has 0 aliphatic carbocycles. The van der Waals surface area contributed by atoms with Gasteiger partial charge in [-0.2, -0.15) is 5.10 Å². The van der Waals surface area contributed by atoms with Gasteiger partial charge in [0.15, 0.2) is 0 Å². The first-order valence-electron chi connectivity index (χ1n) is 9.31. The van der Waals surface area contributed by atoms with E-state index in [2.05, 4.69) is 17.2 Å². The molecule has 1 N–H and O–H groups in total. The highest BCUT2D eigenvalue weighted by atomic mass is 16.3. The Morgan fingerprint density at radius 2 is 1.85 bits per heavy atom. The van der Waals surface area contributed by atoms with Gasteiger partial charge in [0.05, 0.1) is 18.3 Å². The van der Waals surface area contributed by atoms with E-state index in [0.29, 0.717) is 18.0 Å². The largest absolute Gasteiger partial charge is 0.508 e. The predicted molar refractivity (Wildman–Crippen MR) is 104 cm³/mol. The number of hydrogen-bond acceptors (Lipinski definition) is 3. The van der Waals surface area contributed by atoms with Crippen molar-refractivity contribution < 1.29 is 9.90 Å². The van der Waals surface area contributed by atoms with Gasteiger partial charge >= 0.3 is 0 Å². The molecule has 1 unspecified atom stereocenters. The molecule has 1 saturated heterocycles. The Balaban J connectivity index is 1.35. The summed E-state index contributed by atoms with van der Waals surface area (Å²) in [5.41, 5.74) is 3.01. The highest BCUT2D eigenvalue weighted by Crippen LogP contribution is 2.23. The first-order valence-corrected chi connectivity index (χ1v) is 9.31. The highest BCUT2D eigenvalue weighted by molar-refractivity contribution is 5.93. The molecule has 2 aromatic carbocycles. The molecule has 1 aliphatic heterocycles. The van der Waals surface area contributed by atoms with E-state index >= 15 is 0 Å². The van der Waals surface area contributed by atoms with Gasteiger partial charge in [0, 0.05) is 19.3 Å². The lowest BCUT2D eigenvalue weighted by Crippen LogP contribution is -2.28. The number of hydrogen-bond donors (Lipinski definition) is 1. The Hall–Kier alpha value is -3.08. The van der Waals surface area contributed by atoms with E-state index in [-0.39, 0.29) is 11.7 Å². The minimum atomic E-state index is 0.0579. The summed E-state index contributed by atoms with van der Waals surface area (Å²) in [6.45, 7) is 2.21. The van der Waals surface area contributed by atoms with Crippen molar-refractivity contribution in [2.75, 3.05) is 13.1 Å². The fourth-order valence-corrected chi connectivity index (χ4v) is 3.66. The first-order chi connectivity index (χ1) is 13.2. The van der Waals surface area contributed by atoms with Crippen LogP contribution in [0, 0.1) is 5.92 Å². The SMILES string of the molecule is O=C(c1cnn(Cc2ccccc2)c1)N1CCC(Cc2ccc(O)cc2)C1. The van der Waals surface area contributed by atoms with Gasteiger partial charge < -0.3 is 10.0 Å². The lowest BCUT2D eigenvalue weighted by molar-refractivity contribution is 0.0787. The van der Waals surface area contributed by atoms with Crippen molar-refractivity contribution >= 4 is 5.91 Å². The van der Waals surface area contributed by atoms with Crippen molar-refractivity contribution in [3.8, 4) is 5.75 Å². The van der Waals surface area contributed by atoms with Gasteiger partial charge in [0.2, 0.25) is 0 Å². The average molecular weight is 361 g/mol. The fourth-order valence-electron chi connectivity index (χ4n) is 3.66. The van der Waals surface area contributed by atoms with E-state index in [4.69, 9.17) is 0 Å². The predicted octanol–water partition coefficient (Wildman–Crippen LogP) is 3.34. The summed E-state index contributed by atoms with van der Waals surface area (Å²) in [6, 6.07) is 17.4. The fraction of sp³-hybridized carbons (Fsp3) is 0.273. The van der Waals surface area contributed by atoms with E-state index in [1.54, 1.807) is 18.3 Å². The number of rotatable bonds is 5. The molecular formula is C22H23N3O2. The van der Waals surface area contributed by atoms with Crippen LogP contribution in [0.4, 0.5) is 0 Å². The molecule has 1 fully saturated rings. The van der Waals surface area contributed by atoms with Gasteiger partial charge in [-0.05, 0) is 42.0 Å². The Morgan fingerprint density at radius 3 is 2.63 bits per heavy atom. The van der Waals surface area contributed by atoms with Crippen molar-refractivity contribution in [2.24, 2.45) is 5.92 Å². The van der Waals surface area contributed by atoms with Gasteiger partial charge in [0.25, 0.3) is 5.91 Å². The number of aromatic hydroxyl groups is 1. The third-order valence-corrected chi connectivity index (χ3v) is 5.10. The maximum Gasteiger partial charge on any atom is 0.257 e. The topological polar surface area (TPSA) is 58.4 Å². The van der Waals surface area contributed by atoms with E-state index in [0.717, 1.165) is 31.5 Å². The Labute approximate surface area is 158 Å². The van der Waals surface area contributed by atoms with Crippen LogP contribution in [0.5, 0.6) is 5.75 Å². The van der Waals surface area contributed by atoms with Gasteiger partial charge in [-0.15, -0.1) is 0 Å². The zero-order valence-corrected chi connectivity index (χ0v) is 15.2. The second-order valence-corrected chi connectivity index (χ2v) is 7.19. The maximum atomic E-state index is 12.8. The third-order valence-electron chi connectivity index (χ3n) is 5.10. The van der Waals surface area contributed by atoms with E-state index in [1.165, 1.54) is 5.56 Å². The maximum absolute atomic E-state index is 12.8. The van der Waals surface area contributed by atoms with Crippen LogP contribution in [0.3, 0.4) is 0 Å². The van der Waals surface area contributed by atoms with Gasteiger partial charge in [-0.25, -0.2) is 0 Å². The Kier molecular flexibility index (Phi) is 4.92. The number of likely N-dealkylation sites (tertiary alicyclic amines) is 1. The number of aromatic nitrogens is 2. The minimum absolute atomic E-state index is 0.0579. The summed E-state index contributed by atoms with van der Waals surface area (Å²) in [7, 11) is 0. The van der Waals surface area contributed by atoms with E-state index in [9.17, 15) is 9.90 Å². The zero-order chi connectivity index (χ0) is 18.6. The quantitative estimate of drug-likeness (QED) is 0.758. The summed E-state index contributed by atoms with van der Waals surface area (Å²) >= 11 is 0. The summed E-state index contributed by atoms with van der Waals surface area (Å²) < 4.78 is 1.81. The van der Waals surface area contributed by atoms with Crippen molar-refractivity contribution in [3.05, 3.63) is 83.7 Å². The van der Waals surface area contributed by atoms with Crippen molar-refractivity contribution in [1.29, 1.82) is 0 Å². The van der Waals surface area contributed by atoms with Crippen LogP contribution >= 0.6 is 0 Å². The number of benzene rings is 2. The molecule has 3 aromatic rings. The van der Waals surface area contributed by atoms with E-state index < -0.39 is 0 Å². The second-order valence-electron chi connectivity index (χ2n) is 7.19. The van der Waals surface area contributed by atoms with Crippen LogP contribution in [0.2, 0.25) is 0 Å². The Bertz CT molecular complexity index is 903. The molecule has 1 atom stereocenters. The normalized spacial score (nSPS) is 16.6. The monoisotopic (exact) mass is 361 g/mol. The number of carbonyl (C=O) groups is 1.